The zero-order valence-electron chi connectivity index (χ0n) is 9.59. The third-order valence-electron chi connectivity index (χ3n) is 2.24. The predicted octanol–water partition coefficient (Wildman–Crippen LogP) is 2.15. The Morgan fingerprint density at radius 2 is 2.00 bits per heavy atom. The molecule has 16 heavy (non-hydrogen) atoms. The molecule has 0 aliphatic heterocycles. The Bertz CT molecular complexity index is 433. The summed E-state index contributed by atoms with van der Waals surface area (Å²) >= 11 is 0. The Labute approximate surface area is 95.4 Å². The highest BCUT2D eigenvalue weighted by Gasteiger charge is 2.03. The molecule has 0 bridgehead atoms. The minimum absolute atomic E-state index is 0.388. The van der Waals surface area contributed by atoms with Crippen molar-refractivity contribution in [3.05, 3.63) is 42.5 Å². The van der Waals surface area contributed by atoms with E-state index in [4.69, 9.17) is 0 Å². The molecule has 0 atom stereocenters. The Balaban J connectivity index is 2.13. The number of pyridine rings is 1. The molecule has 4 heteroatoms. The van der Waals surface area contributed by atoms with E-state index in [-0.39, 0.29) is 0 Å². The molecule has 0 saturated carbocycles. The maximum atomic E-state index is 4.29. The molecule has 2 aromatic heterocycles. The fourth-order valence-corrected chi connectivity index (χ4v) is 1.52. The molecule has 2 heterocycles. The van der Waals surface area contributed by atoms with Crippen molar-refractivity contribution in [3.8, 4) is 0 Å². The quantitative estimate of drug-likeness (QED) is 0.851. The fraction of sp³-hybridized carbons (Fsp3) is 0.333. The normalized spacial score (nSPS) is 10.7. The molecule has 1 N–H and O–H groups in total. The highest BCUT2D eigenvalue weighted by Crippen LogP contribution is 2.09. The van der Waals surface area contributed by atoms with Gasteiger partial charge in [-0.05, 0) is 31.5 Å². The van der Waals surface area contributed by atoms with Crippen molar-refractivity contribution in [1.82, 2.24) is 14.5 Å². The van der Waals surface area contributed by atoms with Gasteiger partial charge in [-0.1, -0.05) is 0 Å². The first-order valence-corrected chi connectivity index (χ1v) is 5.42. The Morgan fingerprint density at radius 3 is 2.69 bits per heavy atom. The largest absolute Gasteiger partial charge is 0.353 e. The second kappa shape index (κ2) is 4.79. The van der Waals surface area contributed by atoms with E-state index >= 15 is 0 Å². The van der Waals surface area contributed by atoms with Crippen molar-refractivity contribution in [2.24, 2.45) is 0 Å². The van der Waals surface area contributed by atoms with Crippen LogP contribution >= 0.6 is 0 Å². The number of nitrogens with zero attached hydrogens (tertiary/aromatic N) is 3. The van der Waals surface area contributed by atoms with Gasteiger partial charge in [-0.2, -0.15) is 0 Å². The van der Waals surface area contributed by atoms with Crippen LogP contribution in [0.4, 0.5) is 5.95 Å². The number of hydrogen-bond donors (Lipinski definition) is 1. The zero-order valence-corrected chi connectivity index (χ0v) is 9.59. The monoisotopic (exact) mass is 216 g/mol. The molecule has 4 nitrogen and oxygen atoms in total. The van der Waals surface area contributed by atoms with Crippen LogP contribution in [-0.4, -0.2) is 20.6 Å². The lowest BCUT2D eigenvalue weighted by Crippen LogP contribution is -2.14. The molecule has 0 radical (unpaired) electrons. The summed E-state index contributed by atoms with van der Waals surface area (Å²) in [4.78, 5) is 8.29. The Morgan fingerprint density at radius 1 is 1.25 bits per heavy atom. The molecule has 2 rings (SSSR count). The van der Waals surface area contributed by atoms with Crippen molar-refractivity contribution in [3.63, 3.8) is 0 Å². The minimum Gasteiger partial charge on any atom is -0.353 e. The van der Waals surface area contributed by atoms with Crippen molar-refractivity contribution < 1.29 is 0 Å². The highest BCUT2D eigenvalue weighted by molar-refractivity contribution is 5.28. The second-order valence-electron chi connectivity index (χ2n) is 4.03. The van der Waals surface area contributed by atoms with E-state index in [0.717, 1.165) is 12.5 Å². The summed E-state index contributed by atoms with van der Waals surface area (Å²) < 4.78 is 2.09. The number of aromatic nitrogens is 3. The van der Waals surface area contributed by atoms with Gasteiger partial charge in [-0.25, -0.2) is 4.98 Å². The molecule has 0 aliphatic rings. The van der Waals surface area contributed by atoms with Crippen molar-refractivity contribution in [1.29, 1.82) is 0 Å². The first-order valence-electron chi connectivity index (χ1n) is 5.42. The first-order chi connectivity index (χ1) is 7.75. The van der Waals surface area contributed by atoms with Gasteiger partial charge in [0.2, 0.25) is 5.95 Å². The number of hydrogen-bond acceptors (Lipinski definition) is 3. The van der Waals surface area contributed by atoms with Crippen LogP contribution in [0.2, 0.25) is 0 Å². The molecule has 0 saturated heterocycles. The van der Waals surface area contributed by atoms with Crippen molar-refractivity contribution >= 4 is 5.95 Å². The van der Waals surface area contributed by atoms with Crippen LogP contribution in [0.1, 0.15) is 19.4 Å². The summed E-state index contributed by atoms with van der Waals surface area (Å²) in [6.45, 7) is 5.02. The highest BCUT2D eigenvalue weighted by atomic mass is 15.2. The molecule has 0 unspecified atom stereocenters. The summed E-state index contributed by atoms with van der Waals surface area (Å²) in [6.07, 6.45) is 7.40. The number of anilines is 1. The molecular weight excluding hydrogens is 200 g/mol. The average Bonchev–Trinajstić information content (AvgIpc) is 2.66. The van der Waals surface area contributed by atoms with Gasteiger partial charge >= 0.3 is 0 Å². The van der Waals surface area contributed by atoms with Gasteiger partial charge < -0.3 is 9.88 Å². The van der Waals surface area contributed by atoms with E-state index < -0.39 is 0 Å². The lowest BCUT2D eigenvalue weighted by molar-refractivity contribution is 0.773. The van der Waals surface area contributed by atoms with Crippen LogP contribution in [0.15, 0.2) is 36.9 Å². The molecule has 0 amide bonds. The summed E-state index contributed by atoms with van der Waals surface area (Å²) in [5, 5.41) is 3.31. The van der Waals surface area contributed by atoms with E-state index in [1.165, 1.54) is 5.56 Å². The predicted molar refractivity (Wildman–Crippen MR) is 64.3 cm³/mol. The number of nitrogens with one attached hydrogen (secondary N) is 1. The maximum Gasteiger partial charge on any atom is 0.203 e. The van der Waals surface area contributed by atoms with Crippen LogP contribution in [0.5, 0.6) is 0 Å². The molecule has 0 aromatic carbocycles. The van der Waals surface area contributed by atoms with E-state index in [0.29, 0.717) is 6.04 Å². The molecule has 2 aromatic rings. The van der Waals surface area contributed by atoms with Crippen LogP contribution in [0, 0.1) is 0 Å². The van der Waals surface area contributed by atoms with Gasteiger partial charge in [0.25, 0.3) is 0 Å². The summed E-state index contributed by atoms with van der Waals surface area (Å²) in [7, 11) is 0. The van der Waals surface area contributed by atoms with Crippen LogP contribution < -0.4 is 5.32 Å². The lowest BCUT2D eigenvalue weighted by Gasteiger charge is -2.12. The van der Waals surface area contributed by atoms with Crippen molar-refractivity contribution in [2.75, 3.05) is 5.32 Å². The van der Waals surface area contributed by atoms with Crippen LogP contribution in [0.3, 0.4) is 0 Å². The Kier molecular flexibility index (Phi) is 3.19. The Hall–Kier alpha value is -1.84. The average molecular weight is 216 g/mol. The van der Waals surface area contributed by atoms with E-state index in [1.807, 2.05) is 36.9 Å². The molecule has 84 valence electrons. The van der Waals surface area contributed by atoms with Gasteiger partial charge in [0.05, 0.1) is 6.54 Å². The second-order valence-corrected chi connectivity index (χ2v) is 4.03. The van der Waals surface area contributed by atoms with Gasteiger partial charge in [-0.3, -0.25) is 4.98 Å². The van der Waals surface area contributed by atoms with Crippen molar-refractivity contribution in [2.45, 2.75) is 26.4 Å². The maximum absolute atomic E-state index is 4.29. The van der Waals surface area contributed by atoms with E-state index in [2.05, 4.69) is 33.7 Å². The third-order valence-corrected chi connectivity index (χ3v) is 2.24. The standard InChI is InChI=1S/C12H16N4/c1-10(2)15-12-14-7-8-16(12)9-11-3-5-13-6-4-11/h3-8,10H,9H2,1-2H3,(H,14,15). The summed E-state index contributed by atoms with van der Waals surface area (Å²) in [6, 6.07) is 4.41. The van der Waals surface area contributed by atoms with Gasteiger partial charge in [-0.15, -0.1) is 0 Å². The number of rotatable bonds is 4. The molecular formula is C12H16N4. The van der Waals surface area contributed by atoms with Gasteiger partial charge in [0.1, 0.15) is 0 Å². The fourth-order valence-electron chi connectivity index (χ4n) is 1.52. The van der Waals surface area contributed by atoms with E-state index in [9.17, 15) is 0 Å². The summed E-state index contributed by atoms with van der Waals surface area (Å²) in [5.74, 6) is 0.909. The topological polar surface area (TPSA) is 42.7 Å². The SMILES string of the molecule is CC(C)Nc1nccn1Cc1ccncc1. The van der Waals surface area contributed by atoms with E-state index in [1.54, 1.807) is 0 Å². The van der Waals surface area contributed by atoms with Gasteiger partial charge in [0, 0.05) is 30.8 Å². The summed E-state index contributed by atoms with van der Waals surface area (Å²) in [5.41, 5.74) is 1.22. The number of imidazole rings is 1. The lowest BCUT2D eigenvalue weighted by atomic mass is 10.3. The minimum atomic E-state index is 0.388. The van der Waals surface area contributed by atoms with Crippen LogP contribution in [-0.2, 0) is 6.54 Å². The van der Waals surface area contributed by atoms with Gasteiger partial charge in [0.15, 0.2) is 0 Å². The molecule has 0 spiro atoms. The molecule has 0 fully saturated rings. The zero-order chi connectivity index (χ0) is 11.4. The van der Waals surface area contributed by atoms with Crippen LogP contribution in [0.25, 0.3) is 0 Å². The first kappa shape index (κ1) is 10.7. The molecule has 0 aliphatic carbocycles. The smallest absolute Gasteiger partial charge is 0.203 e. The third kappa shape index (κ3) is 2.59.